The van der Waals surface area contributed by atoms with Crippen molar-refractivity contribution in [1.82, 2.24) is 0 Å². The Morgan fingerprint density at radius 2 is 1.64 bits per heavy atom. The minimum atomic E-state index is -4.33. The molecule has 0 spiro atoms. The largest absolute Gasteiger partial charge is 0.508 e. The Labute approximate surface area is 81.2 Å². The highest BCUT2D eigenvalue weighted by Crippen LogP contribution is 2.31. The van der Waals surface area contributed by atoms with E-state index in [1.165, 1.54) is 6.92 Å². The quantitative estimate of drug-likeness (QED) is 0.685. The Balaban J connectivity index is 0.000000791. The zero-order valence-electron chi connectivity index (χ0n) is 8.31. The predicted octanol–water partition coefficient (Wildman–Crippen LogP) is 3.75. The normalized spacial score (nSPS) is 10.4. The van der Waals surface area contributed by atoms with Crippen molar-refractivity contribution >= 4 is 0 Å². The van der Waals surface area contributed by atoms with Gasteiger partial charge in [-0.1, -0.05) is 13.8 Å². The van der Waals surface area contributed by atoms with Crippen molar-refractivity contribution in [2.75, 3.05) is 0 Å². The molecule has 4 heteroatoms. The number of phenols is 1. The molecule has 0 unspecified atom stereocenters. The average Bonchev–Trinajstić information content (AvgIpc) is 2.11. The first-order valence-corrected chi connectivity index (χ1v) is 4.28. The second-order valence-corrected chi connectivity index (χ2v) is 2.50. The fraction of sp³-hybridized carbons (Fsp3) is 0.400. The number of hydrogen-bond acceptors (Lipinski definition) is 1. The van der Waals surface area contributed by atoms with E-state index in [2.05, 4.69) is 0 Å². The smallest absolute Gasteiger partial charge is 0.416 e. The van der Waals surface area contributed by atoms with Gasteiger partial charge in [0.2, 0.25) is 0 Å². The van der Waals surface area contributed by atoms with Gasteiger partial charge < -0.3 is 5.11 Å². The summed E-state index contributed by atoms with van der Waals surface area (Å²) in [4.78, 5) is 0. The summed E-state index contributed by atoms with van der Waals surface area (Å²) >= 11 is 0. The Morgan fingerprint density at radius 1 is 1.14 bits per heavy atom. The van der Waals surface area contributed by atoms with E-state index >= 15 is 0 Å². The standard InChI is InChI=1S/C8H7F3O.C2H6/c1-5-4-6(8(9,10)11)2-3-7(5)12;1-2/h2-4,12H,1H3;1-2H3. The number of aromatic hydroxyl groups is 1. The molecule has 1 aromatic carbocycles. The van der Waals surface area contributed by atoms with E-state index in [-0.39, 0.29) is 11.3 Å². The molecule has 0 amide bonds. The minimum absolute atomic E-state index is 0.122. The molecule has 0 saturated heterocycles. The molecule has 0 aliphatic heterocycles. The maximum absolute atomic E-state index is 12.0. The van der Waals surface area contributed by atoms with Crippen LogP contribution in [-0.2, 0) is 6.18 Å². The van der Waals surface area contributed by atoms with Crippen LogP contribution in [0.4, 0.5) is 13.2 Å². The number of benzene rings is 1. The molecule has 0 atom stereocenters. The van der Waals surface area contributed by atoms with Gasteiger partial charge in [-0.2, -0.15) is 13.2 Å². The third-order valence-electron chi connectivity index (χ3n) is 1.52. The third-order valence-corrected chi connectivity index (χ3v) is 1.52. The molecule has 1 rings (SSSR count). The molecule has 0 bridgehead atoms. The zero-order chi connectivity index (χ0) is 11.4. The van der Waals surface area contributed by atoms with Crippen molar-refractivity contribution in [3.8, 4) is 5.75 Å². The summed E-state index contributed by atoms with van der Waals surface area (Å²) < 4.78 is 36.1. The van der Waals surface area contributed by atoms with Gasteiger partial charge in [-0.05, 0) is 30.7 Å². The average molecular weight is 206 g/mol. The molecule has 1 N–H and O–H groups in total. The van der Waals surface area contributed by atoms with Crippen LogP contribution in [0.3, 0.4) is 0 Å². The van der Waals surface area contributed by atoms with Gasteiger partial charge in [0.25, 0.3) is 0 Å². The van der Waals surface area contributed by atoms with Crippen molar-refractivity contribution in [3.05, 3.63) is 29.3 Å². The molecule has 0 aromatic heterocycles. The molecule has 0 radical (unpaired) electrons. The summed E-state index contributed by atoms with van der Waals surface area (Å²) in [7, 11) is 0. The van der Waals surface area contributed by atoms with Crippen LogP contribution in [0.25, 0.3) is 0 Å². The molecule has 0 aliphatic rings. The van der Waals surface area contributed by atoms with E-state index in [1.54, 1.807) is 0 Å². The summed E-state index contributed by atoms with van der Waals surface area (Å²) in [6.07, 6.45) is -4.33. The van der Waals surface area contributed by atoms with Crippen molar-refractivity contribution < 1.29 is 18.3 Å². The highest BCUT2D eigenvalue weighted by molar-refractivity contribution is 5.35. The third kappa shape index (κ3) is 3.28. The van der Waals surface area contributed by atoms with Gasteiger partial charge in [-0.25, -0.2) is 0 Å². The van der Waals surface area contributed by atoms with E-state index in [9.17, 15) is 13.2 Å². The van der Waals surface area contributed by atoms with E-state index in [0.29, 0.717) is 0 Å². The van der Waals surface area contributed by atoms with Crippen LogP contribution in [0.2, 0.25) is 0 Å². The lowest BCUT2D eigenvalue weighted by atomic mass is 10.1. The lowest BCUT2D eigenvalue weighted by molar-refractivity contribution is -0.137. The number of rotatable bonds is 0. The minimum Gasteiger partial charge on any atom is -0.508 e. The van der Waals surface area contributed by atoms with E-state index in [4.69, 9.17) is 5.11 Å². The Bertz CT molecular complexity index is 292. The van der Waals surface area contributed by atoms with E-state index < -0.39 is 11.7 Å². The molecule has 1 nitrogen and oxygen atoms in total. The molecule has 14 heavy (non-hydrogen) atoms. The Hall–Kier alpha value is -1.19. The first-order valence-electron chi connectivity index (χ1n) is 4.28. The van der Waals surface area contributed by atoms with Crippen LogP contribution in [0, 0.1) is 6.92 Å². The molecule has 0 aliphatic carbocycles. The lowest BCUT2D eigenvalue weighted by Gasteiger charge is -2.07. The lowest BCUT2D eigenvalue weighted by Crippen LogP contribution is -2.04. The van der Waals surface area contributed by atoms with Crippen LogP contribution < -0.4 is 0 Å². The maximum atomic E-state index is 12.0. The predicted molar refractivity (Wildman–Crippen MR) is 49.2 cm³/mol. The summed E-state index contributed by atoms with van der Waals surface area (Å²) in [5, 5.41) is 8.94. The van der Waals surface area contributed by atoms with Crippen LogP contribution in [0.1, 0.15) is 25.0 Å². The summed E-state index contributed by atoms with van der Waals surface area (Å²) in [6, 6.07) is 2.80. The van der Waals surface area contributed by atoms with Gasteiger partial charge in [0.1, 0.15) is 5.75 Å². The Kier molecular flexibility index (Phi) is 4.47. The molecule has 0 saturated carbocycles. The fourth-order valence-corrected chi connectivity index (χ4v) is 0.832. The molecule has 1 aromatic rings. The first-order chi connectivity index (χ1) is 6.41. The fourth-order valence-electron chi connectivity index (χ4n) is 0.832. The highest BCUT2D eigenvalue weighted by atomic mass is 19.4. The number of hydrogen-bond donors (Lipinski definition) is 1. The van der Waals surface area contributed by atoms with Crippen LogP contribution in [0.5, 0.6) is 5.75 Å². The molecular formula is C10H13F3O. The molecule has 0 heterocycles. The number of halogens is 3. The summed E-state index contributed by atoms with van der Waals surface area (Å²) in [5.74, 6) is -0.122. The van der Waals surface area contributed by atoms with Crippen molar-refractivity contribution in [2.24, 2.45) is 0 Å². The van der Waals surface area contributed by atoms with Crippen molar-refractivity contribution in [3.63, 3.8) is 0 Å². The van der Waals surface area contributed by atoms with E-state index in [0.717, 1.165) is 18.2 Å². The molecule has 80 valence electrons. The maximum Gasteiger partial charge on any atom is 0.416 e. The van der Waals surface area contributed by atoms with Gasteiger partial charge in [-0.15, -0.1) is 0 Å². The number of alkyl halides is 3. The highest BCUT2D eigenvalue weighted by Gasteiger charge is 2.30. The first kappa shape index (κ1) is 12.8. The van der Waals surface area contributed by atoms with Crippen LogP contribution >= 0.6 is 0 Å². The zero-order valence-corrected chi connectivity index (χ0v) is 8.31. The van der Waals surface area contributed by atoms with Gasteiger partial charge in [0.05, 0.1) is 5.56 Å². The number of phenolic OH excluding ortho intramolecular Hbond substituents is 1. The molecular weight excluding hydrogens is 193 g/mol. The summed E-state index contributed by atoms with van der Waals surface area (Å²) in [5.41, 5.74) is -0.511. The summed E-state index contributed by atoms with van der Waals surface area (Å²) in [6.45, 7) is 5.42. The van der Waals surface area contributed by atoms with Gasteiger partial charge in [0, 0.05) is 0 Å². The van der Waals surface area contributed by atoms with Gasteiger partial charge >= 0.3 is 6.18 Å². The second-order valence-electron chi connectivity index (χ2n) is 2.50. The van der Waals surface area contributed by atoms with Crippen LogP contribution in [-0.4, -0.2) is 5.11 Å². The topological polar surface area (TPSA) is 20.2 Å². The second kappa shape index (κ2) is 4.88. The Morgan fingerprint density at radius 3 is 2.00 bits per heavy atom. The van der Waals surface area contributed by atoms with Gasteiger partial charge in [0.15, 0.2) is 0 Å². The van der Waals surface area contributed by atoms with Crippen molar-refractivity contribution in [1.29, 1.82) is 0 Å². The SMILES string of the molecule is CC.Cc1cc(C(F)(F)F)ccc1O. The van der Waals surface area contributed by atoms with E-state index in [1.807, 2.05) is 13.8 Å². The molecule has 0 fully saturated rings. The number of aryl methyl sites for hydroxylation is 1. The van der Waals surface area contributed by atoms with Gasteiger partial charge in [-0.3, -0.25) is 0 Å². The monoisotopic (exact) mass is 206 g/mol. The van der Waals surface area contributed by atoms with Crippen molar-refractivity contribution in [2.45, 2.75) is 26.9 Å². The van der Waals surface area contributed by atoms with Crippen LogP contribution in [0.15, 0.2) is 18.2 Å².